The minimum atomic E-state index is 0.496. The van der Waals surface area contributed by atoms with E-state index in [-0.39, 0.29) is 0 Å². The molecule has 4 rings (SSSR count). The second-order valence-corrected chi connectivity index (χ2v) is 7.51. The Morgan fingerprint density at radius 2 is 1.79 bits per heavy atom. The third-order valence-corrected chi connectivity index (χ3v) is 5.55. The fourth-order valence-corrected chi connectivity index (χ4v) is 4.17. The summed E-state index contributed by atoms with van der Waals surface area (Å²) in [7, 11) is 0. The molecule has 0 saturated carbocycles. The van der Waals surface area contributed by atoms with Gasteiger partial charge >= 0.3 is 0 Å². The fourth-order valence-electron chi connectivity index (χ4n) is 2.58. The summed E-state index contributed by atoms with van der Waals surface area (Å²) in [6, 6.07) is 18.7. The van der Waals surface area contributed by atoms with Crippen molar-refractivity contribution in [3.05, 3.63) is 66.0 Å². The number of hydrogen-bond acceptors (Lipinski definition) is 6. The number of anilines is 1. The van der Waals surface area contributed by atoms with E-state index in [1.165, 1.54) is 16.9 Å². The number of benzene rings is 2. The van der Waals surface area contributed by atoms with Crippen LogP contribution in [-0.2, 0) is 12.3 Å². The molecule has 0 amide bonds. The van der Waals surface area contributed by atoms with Crippen molar-refractivity contribution in [3.8, 4) is 0 Å². The zero-order chi connectivity index (χ0) is 16.4. The maximum absolute atomic E-state index is 5.65. The van der Waals surface area contributed by atoms with E-state index in [0.717, 1.165) is 33.5 Å². The van der Waals surface area contributed by atoms with Gasteiger partial charge in [0.05, 0.1) is 16.8 Å². The maximum atomic E-state index is 5.65. The quantitative estimate of drug-likeness (QED) is 0.553. The number of fused-ring (bicyclic) bond motifs is 1. The van der Waals surface area contributed by atoms with Crippen LogP contribution in [0.3, 0.4) is 0 Å². The molecule has 4 aromatic rings. The molecule has 0 unspecified atom stereocenters. The average Bonchev–Trinajstić information content (AvgIpc) is 3.18. The Labute approximate surface area is 147 Å². The van der Waals surface area contributed by atoms with Gasteiger partial charge in [0, 0.05) is 6.54 Å². The number of nitrogens with two attached hydrogens (primary N) is 1. The van der Waals surface area contributed by atoms with Crippen molar-refractivity contribution in [1.82, 2.24) is 19.7 Å². The first-order chi connectivity index (χ1) is 11.8. The van der Waals surface area contributed by atoms with Crippen molar-refractivity contribution in [2.75, 3.05) is 5.73 Å². The zero-order valence-electron chi connectivity index (χ0n) is 12.8. The number of thioether (sulfide) groups is 1. The molecule has 0 spiro atoms. The van der Waals surface area contributed by atoms with Crippen LogP contribution in [0.5, 0.6) is 0 Å². The summed E-state index contributed by atoms with van der Waals surface area (Å²) in [6.07, 6.45) is 0. The SMILES string of the molecule is Nc1nnc(SCc2nc3ccccc3n2Cc2ccccc2)s1. The van der Waals surface area contributed by atoms with Crippen LogP contribution in [-0.4, -0.2) is 19.7 Å². The normalized spacial score (nSPS) is 11.2. The minimum Gasteiger partial charge on any atom is -0.374 e. The van der Waals surface area contributed by atoms with Gasteiger partial charge in [-0.15, -0.1) is 10.2 Å². The third kappa shape index (κ3) is 3.13. The van der Waals surface area contributed by atoms with Gasteiger partial charge in [-0.3, -0.25) is 0 Å². The van der Waals surface area contributed by atoms with Gasteiger partial charge in [0.2, 0.25) is 5.13 Å². The highest BCUT2D eigenvalue weighted by Gasteiger charge is 2.12. The highest BCUT2D eigenvalue weighted by molar-refractivity contribution is 8.00. The number of aromatic nitrogens is 4. The van der Waals surface area contributed by atoms with E-state index in [4.69, 9.17) is 10.7 Å². The summed E-state index contributed by atoms with van der Waals surface area (Å²) in [5.41, 5.74) is 9.07. The van der Waals surface area contributed by atoms with Gasteiger partial charge in [-0.25, -0.2) is 4.98 Å². The smallest absolute Gasteiger partial charge is 0.203 e. The van der Waals surface area contributed by atoms with Crippen molar-refractivity contribution in [2.45, 2.75) is 16.6 Å². The molecule has 0 radical (unpaired) electrons. The second kappa shape index (κ2) is 6.62. The van der Waals surface area contributed by atoms with Crippen LogP contribution in [0.1, 0.15) is 11.4 Å². The average molecular weight is 353 g/mol. The lowest BCUT2D eigenvalue weighted by Gasteiger charge is -2.09. The number of nitrogens with zero attached hydrogens (tertiary/aromatic N) is 4. The predicted molar refractivity (Wildman–Crippen MR) is 99.2 cm³/mol. The lowest BCUT2D eigenvalue weighted by molar-refractivity contribution is 0.780. The fraction of sp³-hybridized carbons (Fsp3) is 0.118. The zero-order valence-corrected chi connectivity index (χ0v) is 14.4. The van der Waals surface area contributed by atoms with Gasteiger partial charge in [-0.05, 0) is 17.7 Å². The molecule has 0 aliphatic carbocycles. The van der Waals surface area contributed by atoms with E-state index in [0.29, 0.717) is 5.13 Å². The Balaban J connectivity index is 1.67. The van der Waals surface area contributed by atoms with Crippen LogP contribution in [0.2, 0.25) is 0 Å². The van der Waals surface area contributed by atoms with E-state index in [2.05, 4.69) is 45.1 Å². The molecule has 2 heterocycles. The molecule has 0 aliphatic rings. The minimum absolute atomic E-state index is 0.496. The summed E-state index contributed by atoms with van der Waals surface area (Å²) in [5.74, 6) is 1.76. The molecule has 7 heteroatoms. The first kappa shape index (κ1) is 15.2. The Morgan fingerprint density at radius 3 is 2.58 bits per heavy atom. The summed E-state index contributed by atoms with van der Waals surface area (Å²) >= 11 is 3.02. The van der Waals surface area contributed by atoms with Crippen LogP contribution in [0, 0.1) is 0 Å². The highest BCUT2D eigenvalue weighted by atomic mass is 32.2. The Hall–Kier alpha value is -2.38. The topological polar surface area (TPSA) is 69.6 Å². The molecule has 120 valence electrons. The predicted octanol–water partition coefficient (Wildman–Crippen LogP) is 3.81. The van der Waals surface area contributed by atoms with Crippen molar-refractivity contribution in [3.63, 3.8) is 0 Å². The van der Waals surface area contributed by atoms with E-state index in [1.807, 2.05) is 24.3 Å². The Morgan fingerprint density at radius 1 is 1.00 bits per heavy atom. The lowest BCUT2D eigenvalue weighted by Crippen LogP contribution is -2.04. The molecule has 24 heavy (non-hydrogen) atoms. The first-order valence-corrected chi connectivity index (χ1v) is 9.29. The van der Waals surface area contributed by atoms with Crippen LogP contribution < -0.4 is 5.73 Å². The standard InChI is InChI=1S/C17H15N5S2/c18-16-20-21-17(24-16)23-11-15-19-13-8-4-5-9-14(13)22(15)10-12-6-2-1-3-7-12/h1-9H,10-11H2,(H2,18,20). The van der Waals surface area contributed by atoms with Gasteiger partial charge in [0.15, 0.2) is 4.34 Å². The summed E-state index contributed by atoms with van der Waals surface area (Å²) in [4.78, 5) is 4.80. The van der Waals surface area contributed by atoms with Crippen molar-refractivity contribution >= 4 is 39.3 Å². The molecule has 2 aromatic carbocycles. The van der Waals surface area contributed by atoms with E-state index < -0.39 is 0 Å². The van der Waals surface area contributed by atoms with Gasteiger partial charge in [0.25, 0.3) is 0 Å². The van der Waals surface area contributed by atoms with E-state index >= 15 is 0 Å². The van der Waals surface area contributed by atoms with Crippen molar-refractivity contribution in [1.29, 1.82) is 0 Å². The van der Waals surface area contributed by atoms with Crippen molar-refractivity contribution in [2.24, 2.45) is 0 Å². The Bertz CT molecular complexity index is 961. The van der Waals surface area contributed by atoms with E-state index in [1.54, 1.807) is 11.8 Å². The van der Waals surface area contributed by atoms with Gasteiger partial charge in [-0.1, -0.05) is 65.6 Å². The first-order valence-electron chi connectivity index (χ1n) is 7.49. The largest absolute Gasteiger partial charge is 0.374 e. The molecule has 5 nitrogen and oxygen atoms in total. The van der Waals surface area contributed by atoms with Crippen LogP contribution >= 0.6 is 23.1 Å². The maximum Gasteiger partial charge on any atom is 0.203 e. The summed E-state index contributed by atoms with van der Waals surface area (Å²) in [6.45, 7) is 0.801. The van der Waals surface area contributed by atoms with Crippen molar-refractivity contribution < 1.29 is 0 Å². The summed E-state index contributed by atoms with van der Waals surface area (Å²) in [5, 5.41) is 8.42. The monoisotopic (exact) mass is 353 g/mol. The number of para-hydroxylation sites is 2. The molecule has 2 aromatic heterocycles. The molecule has 0 saturated heterocycles. The molecule has 0 aliphatic heterocycles. The number of hydrogen-bond donors (Lipinski definition) is 1. The molecular weight excluding hydrogens is 338 g/mol. The van der Waals surface area contributed by atoms with Gasteiger partial charge in [0.1, 0.15) is 5.82 Å². The Kier molecular flexibility index (Phi) is 4.18. The van der Waals surface area contributed by atoms with Crippen LogP contribution in [0.25, 0.3) is 11.0 Å². The highest BCUT2D eigenvalue weighted by Crippen LogP contribution is 2.28. The number of imidazole rings is 1. The molecule has 0 bridgehead atoms. The van der Waals surface area contributed by atoms with E-state index in [9.17, 15) is 0 Å². The molecule has 0 atom stereocenters. The third-order valence-electron chi connectivity index (χ3n) is 3.66. The molecule has 0 fully saturated rings. The van der Waals surface area contributed by atoms with Crippen LogP contribution in [0.15, 0.2) is 58.9 Å². The second-order valence-electron chi connectivity index (χ2n) is 5.28. The lowest BCUT2D eigenvalue weighted by atomic mass is 10.2. The van der Waals surface area contributed by atoms with Gasteiger partial charge < -0.3 is 10.3 Å². The molecular formula is C17H15N5S2. The molecule has 2 N–H and O–H groups in total. The van der Waals surface area contributed by atoms with Gasteiger partial charge in [-0.2, -0.15) is 0 Å². The number of rotatable bonds is 5. The van der Waals surface area contributed by atoms with Crippen LogP contribution in [0.4, 0.5) is 5.13 Å². The number of nitrogen functional groups attached to an aromatic ring is 1. The summed E-state index contributed by atoms with van der Waals surface area (Å²) < 4.78 is 3.13.